The number of aromatic nitrogens is 1. The minimum Gasteiger partial charge on any atom is -0.507 e. The topological polar surface area (TPSA) is 134 Å². The molecule has 9 rings (SSSR count). The van der Waals surface area contributed by atoms with E-state index in [9.17, 15) is 19.8 Å². The van der Waals surface area contributed by atoms with Crippen molar-refractivity contribution in [3.63, 3.8) is 0 Å². The van der Waals surface area contributed by atoms with Gasteiger partial charge in [-0.1, -0.05) is 60.7 Å². The van der Waals surface area contributed by atoms with Gasteiger partial charge in [0.25, 0.3) is 5.88 Å². The van der Waals surface area contributed by atoms with Gasteiger partial charge in [0.2, 0.25) is 11.6 Å². The Bertz CT molecular complexity index is 2200. The number of rotatable bonds is 7. The molecule has 1 saturated heterocycles. The van der Waals surface area contributed by atoms with Crippen LogP contribution in [-0.4, -0.2) is 58.1 Å². The van der Waals surface area contributed by atoms with Crippen LogP contribution in [0.3, 0.4) is 0 Å². The summed E-state index contributed by atoms with van der Waals surface area (Å²) >= 11 is 0. The molecule has 4 aliphatic carbocycles. The molecule has 6 atom stereocenters. The maximum absolute atomic E-state index is 15.3. The first kappa shape index (κ1) is 33.8. The summed E-state index contributed by atoms with van der Waals surface area (Å²) in [7, 11) is 3.37. The summed E-state index contributed by atoms with van der Waals surface area (Å²) in [5, 5.41) is 31.9. The van der Waals surface area contributed by atoms with Gasteiger partial charge in [0.1, 0.15) is 30.3 Å². The van der Waals surface area contributed by atoms with Crippen molar-refractivity contribution in [2.75, 3.05) is 20.6 Å². The summed E-state index contributed by atoms with van der Waals surface area (Å²) in [6.45, 7) is 0.537. The lowest BCUT2D eigenvalue weighted by Gasteiger charge is -2.50. The van der Waals surface area contributed by atoms with Crippen LogP contribution in [-0.2, 0) is 30.6 Å². The zero-order valence-electron chi connectivity index (χ0n) is 28.9. The van der Waals surface area contributed by atoms with Gasteiger partial charge in [-0.05, 0) is 73.2 Å². The first-order valence-electron chi connectivity index (χ1n) is 17.7. The van der Waals surface area contributed by atoms with E-state index in [1.807, 2.05) is 60.7 Å². The monoisotopic (exact) mass is 727 g/mol. The van der Waals surface area contributed by atoms with Gasteiger partial charge < -0.3 is 29.5 Å². The van der Waals surface area contributed by atoms with E-state index in [0.29, 0.717) is 18.5 Å². The summed E-state index contributed by atoms with van der Waals surface area (Å²) in [5.41, 5.74) is -2.33. The van der Waals surface area contributed by atoms with E-state index in [1.165, 1.54) is 0 Å². The third-order valence-corrected chi connectivity index (χ3v) is 11.7. The van der Waals surface area contributed by atoms with Gasteiger partial charge in [0.05, 0.1) is 17.2 Å². The van der Waals surface area contributed by atoms with E-state index >= 15 is 13.2 Å². The van der Waals surface area contributed by atoms with Crippen LogP contribution in [0.1, 0.15) is 85.9 Å². The Labute approximate surface area is 302 Å². The zero-order valence-corrected chi connectivity index (χ0v) is 28.9. The Kier molecular flexibility index (Phi) is 7.67. The molecule has 4 aromatic rings. The number of aliphatic hydroxyl groups is 2. The minimum absolute atomic E-state index is 0.000500. The second-order valence-corrected chi connectivity index (χ2v) is 14.8. The number of Topliss-reactive ketones (excluding diaryl/α,β-unsaturated/α-hetero) is 2. The number of hydrogen-bond acceptors (Lipinski definition) is 10. The predicted octanol–water partition coefficient (Wildman–Crippen LogP) is 6.24. The van der Waals surface area contributed by atoms with Gasteiger partial charge in [0, 0.05) is 29.0 Å². The van der Waals surface area contributed by atoms with Gasteiger partial charge in [0.15, 0.2) is 11.4 Å². The molecule has 1 aromatic heterocycles. The third-order valence-electron chi connectivity index (χ3n) is 11.7. The first-order valence-corrected chi connectivity index (χ1v) is 17.7. The second-order valence-electron chi connectivity index (χ2n) is 14.8. The maximum Gasteiger partial charge on any atom is 0.416 e. The van der Waals surface area contributed by atoms with Crippen molar-refractivity contribution in [3.8, 4) is 11.6 Å². The Morgan fingerprint density at radius 2 is 1.62 bits per heavy atom. The number of benzene rings is 3. The fraction of sp³-hybridized carbons (Fsp3) is 0.375. The van der Waals surface area contributed by atoms with Crippen LogP contribution in [0.25, 0.3) is 5.76 Å². The van der Waals surface area contributed by atoms with E-state index in [2.05, 4.69) is 10.5 Å². The molecule has 274 valence electrons. The van der Waals surface area contributed by atoms with Crippen LogP contribution < -0.4 is 14.8 Å². The predicted molar refractivity (Wildman–Crippen MR) is 183 cm³/mol. The average molecular weight is 728 g/mol. The van der Waals surface area contributed by atoms with Crippen LogP contribution in [0.4, 0.5) is 13.2 Å². The summed E-state index contributed by atoms with van der Waals surface area (Å²) < 4.78 is 63.7. The fourth-order valence-corrected chi connectivity index (χ4v) is 9.53. The molecule has 13 heteroatoms. The highest BCUT2D eigenvalue weighted by Gasteiger charge is 2.66. The molecule has 0 bridgehead atoms. The first-order chi connectivity index (χ1) is 25.4. The van der Waals surface area contributed by atoms with Crippen LogP contribution in [0.2, 0.25) is 0 Å². The lowest BCUT2D eigenvalue weighted by Crippen LogP contribution is -2.63. The van der Waals surface area contributed by atoms with E-state index in [4.69, 9.17) is 14.0 Å². The smallest absolute Gasteiger partial charge is 0.416 e. The van der Waals surface area contributed by atoms with E-state index in [0.717, 1.165) is 11.1 Å². The number of carbonyl (C=O) groups is 2. The number of alkyl halides is 3. The summed E-state index contributed by atoms with van der Waals surface area (Å²) in [4.78, 5) is 30.9. The van der Waals surface area contributed by atoms with Gasteiger partial charge in [-0.2, -0.15) is 13.2 Å². The van der Waals surface area contributed by atoms with Gasteiger partial charge in [-0.3, -0.25) is 14.5 Å². The highest BCUT2D eigenvalue weighted by molar-refractivity contribution is 6.26. The number of nitrogens with zero attached hydrogens (tertiary/aromatic N) is 2. The fourth-order valence-electron chi connectivity index (χ4n) is 9.53. The average Bonchev–Trinajstić information content (AvgIpc) is 3.74. The van der Waals surface area contributed by atoms with Crippen molar-refractivity contribution in [3.05, 3.63) is 117 Å². The molecular formula is C40H36F3N3O7. The highest BCUT2D eigenvalue weighted by Crippen LogP contribution is 2.63. The number of ketones is 2. The molecule has 3 aromatic carbocycles. The molecule has 0 amide bonds. The molecule has 2 heterocycles. The van der Waals surface area contributed by atoms with Crippen LogP contribution in [0.5, 0.6) is 11.6 Å². The summed E-state index contributed by atoms with van der Waals surface area (Å²) in [5.74, 6) is -5.28. The molecule has 2 unspecified atom stereocenters. The molecule has 0 radical (unpaired) electrons. The Hall–Kier alpha value is -4.98. The number of nitrogens with one attached hydrogen (secondary N) is 1. The lowest BCUT2D eigenvalue weighted by atomic mass is 9.56. The van der Waals surface area contributed by atoms with Crippen LogP contribution in [0, 0.1) is 11.8 Å². The molecule has 2 fully saturated rings. The Balaban J connectivity index is 1.19. The Morgan fingerprint density at radius 1 is 0.962 bits per heavy atom. The largest absolute Gasteiger partial charge is 0.507 e. The second kappa shape index (κ2) is 12.0. The van der Waals surface area contributed by atoms with E-state index in [1.54, 1.807) is 19.0 Å². The van der Waals surface area contributed by atoms with Crippen molar-refractivity contribution in [1.82, 2.24) is 15.4 Å². The van der Waals surface area contributed by atoms with Crippen molar-refractivity contribution in [1.29, 1.82) is 0 Å². The quantitative estimate of drug-likeness (QED) is 0.188. The van der Waals surface area contributed by atoms with Gasteiger partial charge in [-0.25, -0.2) is 0 Å². The van der Waals surface area contributed by atoms with E-state index in [-0.39, 0.29) is 77.2 Å². The van der Waals surface area contributed by atoms with Crippen LogP contribution in [0.15, 0.2) is 70.8 Å². The molecule has 53 heavy (non-hydrogen) atoms. The lowest BCUT2D eigenvalue weighted by molar-refractivity contribution is -0.142. The Morgan fingerprint density at radius 3 is 2.26 bits per heavy atom. The van der Waals surface area contributed by atoms with Crippen molar-refractivity contribution >= 4 is 17.3 Å². The number of halogens is 3. The van der Waals surface area contributed by atoms with Gasteiger partial charge in [-0.15, -0.1) is 0 Å². The molecule has 5 aliphatic rings. The van der Waals surface area contributed by atoms with Crippen LogP contribution >= 0.6 is 0 Å². The number of fused-ring (bicyclic) bond motifs is 8. The standard InChI is InChI=1S/C40H36F3N3O7/c1-46(2)32-24-16-21-15-23-27(34(51-17-19-9-5-3-6-10-19)28-26(30(23)40(41,42)43)22-13-14-44-31(22)28)33(47)25(21)36(48)39(24,50)37(49)29-35(32)53-45-38(29)52-18-20-11-7-4-8-12-20/h3-12,21-22,24,31-32,44,47,50H,13-18H2,1-2H3/t21-,22?,24-,31?,32-,39-/m0/s1. The number of hydrogen-bond donors (Lipinski definition) is 3. The number of ether oxygens (including phenoxy) is 2. The number of aliphatic hydroxyl groups excluding tert-OH is 1. The maximum atomic E-state index is 15.3. The third kappa shape index (κ3) is 4.86. The normalized spacial score (nSPS) is 27.0. The summed E-state index contributed by atoms with van der Waals surface area (Å²) in [6, 6.07) is 16.9. The van der Waals surface area contributed by atoms with Crippen molar-refractivity contribution in [2.24, 2.45) is 11.8 Å². The van der Waals surface area contributed by atoms with E-state index < -0.39 is 58.6 Å². The van der Waals surface area contributed by atoms with Crippen molar-refractivity contribution in [2.45, 2.75) is 62.3 Å². The molecule has 1 aliphatic heterocycles. The molecule has 10 nitrogen and oxygen atoms in total. The molecule has 1 saturated carbocycles. The summed E-state index contributed by atoms with van der Waals surface area (Å²) in [6.07, 6.45) is -4.61. The number of carbonyl (C=O) groups excluding carboxylic acids is 2. The van der Waals surface area contributed by atoms with Gasteiger partial charge >= 0.3 is 6.18 Å². The molecular weight excluding hydrogens is 691 g/mol. The minimum atomic E-state index is -4.77. The van der Waals surface area contributed by atoms with Crippen molar-refractivity contribution < 1.29 is 47.0 Å². The highest BCUT2D eigenvalue weighted by atomic mass is 19.4. The SMILES string of the molecule is CN(C)[C@@H]1c2onc(OCc3ccccc3)c2C(=O)[C@@]2(O)C(=O)C3=C(O)c4c(c(C(F)(F)F)c5c(c4OCc4ccccc4)C4NCCC54)C[C@H]3C[C@@H]12. The zero-order chi connectivity index (χ0) is 37.0. The molecule has 0 spiro atoms. The molecule has 3 N–H and O–H groups in total.